The van der Waals surface area contributed by atoms with E-state index >= 15 is 0 Å². The maximum Gasteiger partial charge on any atom is 0.233 e. The molecular weight excluding hydrogens is 522 g/mol. The van der Waals surface area contributed by atoms with Crippen molar-refractivity contribution in [2.45, 2.75) is 43.1 Å². The van der Waals surface area contributed by atoms with Crippen LogP contribution in [0.3, 0.4) is 0 Å². The summed E-state index contributed by atoms with van der Waals surface area (Å²) in [5, 5.41) is 13.3. The second-order valence-electron chi connectivity index (χ2n) is 9.48. The predicted octanol–water partition coefficient (Wildman–Crippen LogP) is 5.66. The molecule has 0 bridgehead atoms. The monoisotopic (exact) mass is 555 g/mol. The van der Waals surface area contributed by atoms with Crippen LogP contribution in [0, 0.1) is 0 Å². The number of para-hydroxylation sites is 1. The minimum atomic E-state index is -0.318. The molecule has 0 aliphatic carbocycles. The molecule has 1 atom stereocenters. The molecule has 0 saturated carbocycles. The minimum Gasteiger partial charge on any atom is -0.493 e. The zero-order valence-electron chi connectivity index (χ0n) is 23.0. The van der Waals surface area contributed by atoms with Crippen LogP contribution in [0.1, 0.15) is 30.9 Å². The van der Waals surface area contributed by atoms with Crippen molar-refractivity contribution in [1.29, 1.82) is 0 Å². The van der Waals surface area contributed by atoms with Crippen molar-refractivity contribution in [2.75, 3.05) is 20.8 Å². The van der Waals surface area contributed by atoms with Gasteiger partial charge in [0.2, 0.25) is 11.1 Å². The highest BCUT2D eigenvalue weighted by Gasteiger charge is 2.22. The van der Waals surface area contributed by atoms with Crippen molar-refractivity contribution in [3.63, 3.8) is 0 Å². The van der Waals surface area contributed by atoms with Gasteiger partial charge in [-0.1, -0.05) is 79.7 Å². The molecule has 40 heavy (non-hydrogen) atoms. The lowest BCUT2D eigenvalue weighted by Crippen LogP contribution is -2.34. The van der Waals surface area contributed by atoms with E-state index in [1.807, 2.05) is 54.6 Å². The van der Waals surface area contributed by atoms with Crippen LogP contribution in [0.2, 0.25) is 0 Å². The molecule has 1 unspecified atom stereocenters. The Bertz CT molecular complexity index is 1610. The van der Waals surface area contributed by atoms with E-state index in [1.165, 1.54) is 17.3 Å². The maximum atomic E-state index is 13.2. The first-order chi connectivity index (χ1) is 19.6. The molecule has 2 heterocycles. The Kier molecular flexibility index (Phi) is 8.81. The van der Waals surface area contributed by atoms with E-state index in [4.69, 9.17) is 14.5 Å². The lowest BCUT2D eigenvalue weighted by atomic mass is 10.1. The van der Waals surface area contributed by atoms with E-state index in [-0.39, 0.29) is 11.2 Å². The molecule has 0 radical (unpaired) electrons. The predicted molar refractivity (Wildman–Crippen MR) is 159 cm³/mol. The summed E-state index contributed by atoms with van der Waals surface area (Å²) >= 11 is 1.37. The molecule has 1 N–H and O–H groups in total. The Morgan fingerprint density at radius 1 is 0.950 bits per heavy atom. The highest BCUT2D eigenvalue weighted by Crippen LogP contribution is 2.30. The summed E-state index contributed by atoms with van der Waals surface area (Å²) in [6.45, 7) is 3.26. The van der Waals surface area contributed by atoms with Gasteiger partial charge >= 0.3 is 0 Å². The third kappa shape index (κ3) is 6.04. The lowest BCUT2D eigenvalue weighted by Gasteiger charge is -2.15. The number of methoxy groups -OCH3 is 2. The van der Waals surface area contributed by atoms with Crippen molar-refractivity contribution >= 4 is 39.7 Å². The van der Waals surface area contributed by atoms with Gasteiger partial charge in [0.15, 0.2) is 17.1 Å². The van der Waals surface area contributed by atoms with Crippen molar-refractivity contribution in [3.05, 3.63) is 83.9 Å². The van der Waals surface area contributed by atoms with E-state index < -0.39 is 0 Å². The Morgan fingerprint density at radius 3 is 2.50 bits per heavy atom. The lowest BCUT2D eigenvalue weighted by molar-refractivity contribution is -0.120. The Labute approximate surface area is 238 Å². The molecule has 0 aliphatic heterocycles. The Balaban J connectivity index is 1.33. The summed E-state index contributed by atoms with van der Waals surface area (Å²) in [6.07, 6.45) is 2.26. The van der Waals surface area contributed by atoms with Gasteiger partial charge in [0.05, 0.1) is 25.0 Å². The van der Waals surface area contributed by atoms with E-state index in [0.29, 0.717) is 42.6 Å². The van der Waals surface area contributed by atoms with Gasteiger partial charge in [-0.05, 0) is 42.2 Å². The van der Waals surface area contributed by atoms with Gasteiger partial charge in [-0.15, -0.1) is 10.2 Å². The zero-order chi connectivity index (χ0) is 27.9. The summed E-state index contributed by atoms with van der Waals surface area (Å²) in [5.41, 5.74) is 4.83. The van der Waals surface area contributed by atoms with Crippen LogP contribution in [0.4, 0.5) is 0 Å². The fourth-order valence-electron chi connectivity index (χ4n) is 4.78. The van der Waals surface area contributed by atoms with Crippen LogP contribution < -0.4 is 14.8 Å². The molecule has 9 heteroatoms. The van der Waals surface area contributed by atoms with Gasteiger partial charge < -0.3 is 19.4 Å². The van der Waals surface area contributed by atoms with E-state index in [9.17, 15) is 4.79 Å². The van der Waals surface area contributed by atoms with Gasteiger partial charge in [0.25, 0.3) is 0 Å². The molecule has 5 aromatic rings. The van der Waals surface area contributed by atoms with Crippen molar-refractivity contribution in [1.82, 2.24) is 25.1 Å². The molecule has 5 rings (SSSR count). The molecule has 2 aromatic heterocycles. The Morgan fingerprint density at radius 2 is 1.73 bits per heavy atom. The average molecular weight is 556 g/mol. The van der Waals surface area contributed by atoms with Crippen molar-refractivity contribution in [3.8, 4) is 11.5 Å². The number of aromatic nitrogens is 4. The third-order valence-corrected chi connectivity index (χ3v) is 7.91. The highest BCUT2D eigenvalue weighted by atomic mass is 32.2. The number of nitrogens with one attached hydrogen (secondary N) is 1. The van der Waals surface area contributed by atoms with Crippen LogP contribution in [0.5, 0.6) is 11.5 Å². The number of amides is 1. The molecule has 0 fully saturated rings. The van der Waals surface area contributed by atoms with E-state index in [2.05, 4.69) is 45.2 Å². The smallest absolute Gasteiger partial charge is 0.233 e. The molecule has 0 aliphatic rings. The second-order valence-corrected chi connectivity index (χ2v) is 10.7. The van der Waals surface area contributed by atoms with Gasteiger partial charge in [-0.25, -0.2) is 4.98 Å². The summed E-state index contributed by atoms with van der Waals surface area (Å²) < 4.78 is 12.9. The first-order valence-electron chi connectivity index (χ1n) is 13.4. The van der Waals surface area contributed by atoms with Crippen LogP contribution >= 0.6 is 11.8 Å². The number of rotatable bonds is 12. The molecule has 8 nitrogen and oxygen atoms in total. The standard InChI is InChI=1S/C31H33N5O3S/c1-4-10-27(30(37)32-18-17-21-15-16-25(38-2)26(19-21)39-3)40-31-33-29-28(34-35-31)23-13-8-9-14-24(23)36(29)20-22-11-6-5-7-12-22/h5-9,11-16,19,27H,4,10,17-18,20H2,1-3H3,(H,32,37). The summed E-state index contributed by atoms with van der Waals surface area (Å²) in [5.74, 6) is 1.33. The van der Waals surface area contributed by atoms with Crippen LogP contribution in [0.25, 0.3) is 22.1 Å². The number of fused-ring (bicyclic) bond motifs is 3. The fraction of sp³-hybridized carbons (Fsp3) is 0.290. The maximum absolute atomic E-state index is 13.2. The second kappa shape index (κ2) is 12.8. The summed E-state index contributed by atoms with van der Waals surface area (Å²) in [4.78, 5) is 18.1. The number of ether oxygens (including phenoxy) is 2. The van der Waals surface area contributed by atoms with Crippen molar-refractivity contribution < 1.29 is 14.3 Å². The summed E-state index contributed by atoms with van der Waals surface area (Å²) in [7, 11) is 3.23. The van der Waals surface area contributed by atoms with E-state index in [1.54, 1.807) is 14.2 Å². The third-order valence-electron chi connectivity index (χ3n) is 6.79. The number of hydrogen-bond donors (Lipinski definition) is 1. The number of thioether (sulfide) groups is 1. The van der Waals surface area contributed by atoms with Gasteiger partial charge in [-0.3, -0.25) is 4.79 Å². The molecule has 3 aromatic carbocycles. The number of carbonyl (C=O) groups excluding carboxylic acids is 1. The topological polar surface area (TPSA) is 91.2 Å². The Hall–Kier alpha value is -4.11. The van der Waals surface area contributed by atoms with Crippen LogP contribution in [0.15, 0.2) is 78.0 Å². The molecule has 206 valence electrons. The van der Waals surface area contributed by atoms with Gasteiger partial charge in [-0.2, -0.15) is 0 Å². The highest BCUT2D eigenvalue weighted by molar-refractivity contribution is 8.00. The van der Waals surface area contributed by atoms with Gasteiger partial charge in [0.1, 0.15) is 5.52 Å². The first kappa shape index (κ1) is 27.5. The van der Waals surface area contributed by atoms with E-state index in [0.717, 1.165) is 34.1 Å². The first-order valence-corrected chi connectivity index (χ1v) is 14.3. The largest absolute Gasteiger partial charge is 0.493 e. The fourth-order valence-corrected chi connectivity index (χ4v) is 5.80. The number of benzene rings is 3. The average Bonchev–Trinajstić information content (AvgIpc) is 3.30. The van der Waals surface area contributed by atoms with Crippen molar-refractivity contribution in [2.24, 2.45) is 0 Å². The van der Waals surface area contributed by atoms with Crippen LogP contribution in [-0.2, 0) is 17.8 Å². The number of nitrogens with zero attached hydrogens (tertiary/aromatic N) is 4. The quantitative estimate of drug-likeness (QED) is 0.199. The molecule has 1 amide bonds. The molecular formula is C31H33N5O3S. The van der Waals surface area contributed by atoms with Crippen LogP contribution in [-0.4, -0.2) is 51.7 Å². The molecule has 0 spiro atoms. The normalized spacial score (nSPS) is 12.0. The van der Waals surface area contributed by atoms with Gasteiger partial charge in [0, 0.05) is 18.5 Å². The number of hydrogen-bond acceptors (Lipinski definition) is 7. The summed E-state index contributed by atoms with van der Waals surface area (Å²) in [6, 6.07) is 24.3. The zero-order valence-corrected chi connectivity index (χ0v) is 23.8. The SMILES string of the molecule is CCCC(Sc1nnc2c3ccccc3n(Cc3ccccc3)c2n1)C(=O)NCCc1ccc(OC)c(OC)c1. The minimum absolute atomic E-state index is 0.0270. The molecule has 0 saturated heterocycles. The number of carbonyl (C=O) groups is 1.